The summed E-state index contributed by atoms with van der Waals surface area (Å²) < 4.78 is 5.03. The Labute approximate surface area is 327 Å². The van der Waals surface area contributed by atoms with E-state index in [1.165, 1.54) is 53.2 Å². The maximum atomic E-state index is 5.05. The Kier molecular flexibility index (Phi) is 7.64. The lowest BCUT2D eigenvalue weighted by molar-refractivity contribution is 1.07. The molecule has 3 heterocycles. The van der Waals surface area contributed by atoms with E-state index < -0.39 is 0 Å². The lowest BCUT2D eigenvalue weighted by Crippen LogP contribution is -2.01. The molecule has 8 aromatic carbocycles. The summed E-state index contributed by atoms with van der Waals surface area (Å²) in [6, 6.07) is 68.6. The summed E-state index contributed by atoms with van der Waals surface area (Å²) in [7, 11) is 0. The van der Waals surface area contributed by atoms with Gasteiger partial charge in [-0.05, 0) is 47.0 Å². The van der Waals surface area contributed by atoms with Crippen molar-refractivity contribution in [2.75, 3.05) is 0 Å². The van der Waals surface area contributed by atoms with Crippen LogP contribution in [0.3, 0.4) is 0 Å². The summed E-state index contributed by atoms with van der Waals surface area (Å²) >= 11 is 1.87. The molecule has 0 aliphatic rings. The normalized spacial score (nSPS) is 11.6. The van der Waals surface area contributed by atoms with Gasteiger partial charge in [0, 0.05) is 58.9 Å². The van der Waals surface area contributed by atoms with Crippen LogP contribution in [0.25, 0.3) is 104 Å². The maximum Gasteiger partial charge on any atom is 0.164 e. The van der Waals surface area contributed by atoms with Crippen molar-refractivity contribution in [3.05, 3.63) is 194 Å². The van der Waals surface area contributed by atoms with E-state index in [4.69, 9.17) is 15.0 Å². The maximum absolute atomic E-state index is 5.05. The van der Waals surface area contributed by atoms with E-state index in [-0.39, 0.29) is 0 Å². The minimum Gasteiger partial charge on any atom is -0.309 e. The lowest BCUT2D eigenvalue weighted by atomic mass is 9.96. The molecule has 262 valence electrons. The fourth-order valence-corrected chi connectivity index (χ4v) is 9.31. The highest BCUT2D eigenvalue weighted by atomic mass is 32.1. The molecule has 0 unspecified atom stereocenters. The first-order chi connectivity index (χ1) is 27.8. The smallest absolute Gasteiger partial charge is 0.164 e. The van der Waals surface area contributed by atoms with Gasteiger partial charge in [-0.15, -0.1) is 11.3 Å². The molecule has 0 N–H and O–H groups in total. The zero-order valence-corrected chi connectivity index (χ0v) is 31.0. The quantitative estimate of drug-likeness (QED) is 0.171. The monoisotopic (exact) mass is 732 g/mol. The van der Waals surface area contributed by atoms with Gasteiger partial charge < -0.3 is 4.57 Å². The van der Waals surface area contributed by atoms with Crippen LogP contribution in [-0.2, 0) is 0 Å². The van der Waals surface area contributed by atoms with E-state index in [9.17, 15) is 0 Å². The second kappa shape index (κ2) is 13.3. The summed E-state index contributed by atoms with van der Waals surface area (Å²) in [5.74, 6) is 1.92. The van der Waals surface area contributed by atoms with Crippen LogP contribution in [0, 0.1) is 0 Å². The van der Waals surface area contributed by atoms with Crippen LogP contribution in [0.4, 0.5) is 0 Å². The molecule has 3 aromatic heterocycles. The minimum absolute atomic E-state index is 0.628. The molecule has 0 saturated heterocycles. The lowest BCUT2D eigenvalue weighted by Gasteiger charge is -2.14. The molecule has 0 aliphatic heterocycles. The molecule has 0 aliphatic carbocycles. The second-order valence-corrected chi connectivity index (χ2v) is 15.1. The van der Waals surface area contributed by atoms with E-state index in [1.54, 1.807) is 0 Å². The van der Waals surface area contributed by atoms with Crippen LogP contribution in [0.2, 0.25) is 0 Å². The third-order valence-corrected chi connectivity index (χ3v) is 11.9. The van der Waals surface area contributed by atoms with Gasteiger partial charge in [-0.25, -0.2) is 15.0 Å². The number of benzene rings is 8. The first-order valence-electron chi connectivity index (χ1n) is 18.8. The van der Waals surface area contributed by atoms with Gasteiger partial charge in [0.2, 0.25) is 0 Å². The molecule has 0 spiro atoms. The number of hydrogen-bond acceptors (Lipinski definition) is 4. The third-order valence-electron chi connectivity index (χ3n) is 10.6. The van der Waals surface area contributed by atoms with Crippen molar-refractivity contribution in [2.24, 2.45) is 0 Å². The molecule has 0 radical (unpaired) electrons. The van der Waals surface area contributed by atoms with Crippen LogP contribution in [0.5, 0.6) is 0 Å². The van der Waals surface area contributed by atoms with Gasteiger partial charge in [0.1, 0.15) is 0 Å². The highest BCUT2D eigenvalue weighted by Gasteiger charge is 2.19. The molecule has 0 saturated carbocycles. The third kappa shape index (κ3) is 5.40. The first-order valence-corrected chi connectivity index (χ1v) is 19.6. The van der Waals surface area contributed by atoms with Gasteiger partial charge >= 0.3 is 0 Å². The Hall–Kier alpha value is -7.21. The second-order valence-electron chi connectivity index (χ2n) is 14.0. The van der Waals surface area contributed by atoms with Crippen LogP contribution in [0.15, 0.2) is 194 Å². The van der Waals surface area contributed by atoms with Gasteiger partial charge in [-0.2, -0.15) is 0 Å². The van der Waals surface area contributed by atoms with Gasteiger partial charge in [0.15, 0.2) is 17.5 Å². The zero-order valence-electron chi connectivity index (χ0n) is 30.2. The predicted molar refractivity (Wildman–Crippen MR) is 234 cm³/mol. The van der Waals surface area contributed by atoms with Crippen LogP contribution < -0.4 is 0 Å². The summed E-state index contributed by atoms with van der Waals surface area (Å²) in [4.78, 5) is 15.0. The number of rotatable bonds is 6. The van der Waals surface area contributed by atoms with Gasteiger partial charge in [-0.3, -0.25) is 0 Å². The molecule has 11 aromatic rings. The highest BCUT2D eigenvalue weighted by Crippen LogP contribution is 2.43. The Bertz CT molecular complexity index is 3200. The fraction of sp³-hybridized carbons (Fsp3) is 0. The van der Waals surface area contributed by atoms with E-state index in [0.29, 0.717) is 17.5 Å². The van der Waals surface area contributed by atoms with E-state index in [0.717, 1.165) is 33.4 Å². The average molecular weight is 733 g/mol. The highest BCUT2D eigenvalue weighted by molar-refractivity contribution is 7.26. The van der Waals surface area contributed by atoms with Crippen LogP contribution in [-0.4, -0.2) is 19.5 Å². The molecule has 5 heteroatoms. The molecular weight excluding hydrogens is 701 g/mol. The summed E-state index contributed by atoms with van der Waals surface area (Å²) in [5.41, 5.74) is 11.0. The Morgan fingerprint density at radius 3 is 1.62 bits per heavy atom. The number of thiophene rings is 1. The number of nitrogens with zero attached hydrogens (tertiary/aromatic N) is 4. The van der Waals surface area contributed by atoms with Crippen LogP contribution in [0.1, 0.15) is 0 Å². The van der Waals surface area contributed by atoms with Crippen molar-refractivity contribution >= 4 is 53.3 Å². The number of para-hydroxylation sites is 2. The molecule has 11 rings (SSSR count). The zero-order chi connectivity index (χ0) is 37.0. The molecule has 56 heavy (non-hydrogen) atoms. The average Bonchev–Trinajstić information content (AvgIpc) is 3.83. The molecule has 0 atom stereocenters. The van der Waals surface area contributed by atoms with Gasteiger partial charge in [0.05, 0.1) is 11.0 Å². The van der Waals surface area contributed by atoms with Crippen molar-refractivity contribution in [1.29, 1.82) is 0 Å². The summed E-state index contributed by atoms with van der Waals surface area (Å²) in [5, 5.41) is 5.03. The van der Waals surface area contributed by atoms with E-state index in [2.05, 4.69) is 138 Å². The molecule has 0 bridgehead atoms. The molecule has 4 nitrogen and oxygen atoms in total. The van der Waals surface area contributed by atoms with Crippen molar-refractivity contribution in [2.45, 2.75) is 0 Å². The number of fused-ring (bicyclic) bond motifs is 6. The molecular formula is C51H32N4S. The molecule has 0 fully saturated rings. The Morgan fingerprint density at radius 2 is 0.875 bits per heavy atom. The van der Waals surface area contributed by atoms with Crippen molar-refractivity contribution in [1.82, 2.24) is 19.5 Å². The largest absolute Gasteiger partial charge is 0.309 e. The van der Waals surface area contributed by atoms with Crippen molar-refractivity contribution in [3.8, 4) is 62.1 Å². The molecule has 0 amide bonds. The predicted octanol–water partition coefficient (Wildman–Crippen LogP) is 13.7. The van der Waals surface area contributed by atoms with E-state index in [1.807, 2.05) is 72.0 Å². The standard InChI is InChI=1S/C51H32N4S/c1-3-15-33(16-4-1)49-52-50(34-17-5-2-6-18-34)54-51(53-49)37-21-12-22-38(32-37)55-45-29-9-7-23-41(45)43-27-13-25-39(47(43)55)35-19-11-20-36(31-35)40-26-14-28-44-42-24-8-10-30-46(42)56-48(40)44/h1-32H. The summed E-state index contributed by atoms with van der Waals surface area (Å²) in [6.07, 6.45) is 0. The van der Waals surface area contributed by atoms with Crippen molar-refractivity contribution in [3.63, 3.8) is 0 Å². The van der Waals surface area contributed by atoms with E-state index >= 15 is 0 Å². The summed E-state index contributed by atoms with van der Waals surface area (Å²) in [6.45, 7) is 0. The van der Waals surface area contributed by atoms with Gasteiger partial charge in [0.25, 0.3) is 0 Å². The fourth-order valence-electron chi connectivity index (χ4n) is 8.07. The topological polar surface area (TPSA) is 43.6 Å². The minimum atomic E-state index is 0.628. The number of hydrogen-bond donors (Lipinski definition) is 0. The first kappa shape index (κ1) is 32.2. The SMILES string of the molecule is c1ccc(-c2nc(-c3ccccc3)nc(-c3cccc(-n4c5ccccc5c5cccc(-c6cccc(-c7cccc8c7sc7ccccc78)c6)c54)c3)n2)cc1. The Morgan fingerprint density at radius 1 is 0.357 bits per heavy atom. The number of aromatic nitrogens is 4. The van der Waals surface area contributed by atoms with Crippen LogP contribution >= 0.6 is 11.3 Å². The Balaban J connectivity index is 1.10. The van der Waals surface area contributed by atoms with Crippen molar-refractivity contribution < 1.29 is 0 Å². The van der Waals surface area contributed by atoms with Gasteiger partial charge in [-0.1, -0.05) is 164 Å².